The molecule has 0 aromatic heterocycles. The van der Waals surface area contributed by atoms with Gasteiger partial charge in [0.1, 0.15) is 6.17 Å². The smallest absolute Gasteiger partial charge is 0.158 e. The summed E-state index contributed by atoms with van der Waals surface area (Å²) in [6.45, 7) is 4.04. The zero-order valence-corrected chi connectivity index (χ0v) is 16.1. The number of allylic oxidation sites excluding steroid dienone is 2. The number of rotatable bonds is 2. The molecule has 7 atom stereocenters. The number of halogens is 2. The molecule has 0 bridgehead atoms. The molecule has 0 aromatic rings. The van der Waals surface area contributed by atoms with Gasteiger partial charge >= 0.3 is 0 Å². The molecular formula is C21H26ClFO3. The molecule has 4 rings (SSSR count). The summed E-state index contributed by atoms with van der Waals surface area (Å²) in [5, 5.41) is 10.7. The van der Waals surface area contributed by atoms with Gasteiger partial charge in [0.2, 0.25) is 0 Å². The predicted octanol–water partition coefficient (Wildman–Crippen LogP) is 3.78. The fourth-order valence-corrected chi connectivity index (χ4v) is 6.71. The van der Waals surface area contributed by atoms with Gasteiger partial charge in [0.15, 0.2) is 11.6 Å². The van der Waals surface area contributed by atoms with E-state index in [0.717, 1.165) is 24.8 Å². The molecule has 2 fully saturated rings. The first-order valence-corrected chi connectivity index (χ1v) is 10.1. The molecule has 0 amide bonds. The molecule has 2 unspecified atom stereocenters. The molecule has 0 spiro atoms. The number of hydrogen-bond acceptors (Lipinski definition) is 3. The van der Waals surface area contributed by atoms with Crippen LogP contribution in [-0.2, 0) is 9.59 Å². The van der Waals surface area contributed by atoms with E-state index < -0.39 is 17.7 Å². The molecule has 1 N–H and O–H groups in total. The average molecular weight is 381 g/mol. The largest absolute Gasteiger partial charge is 0.391 e. The van der Waals surface area contributed by atoms with E-state index >= 15 is 4.39 Å². The third kappa shape index (κ3) is 2.27. The lowest BCUT2D eigenvalue weighted by atomic mass is 9.50. The maximum atomic E-state index is 15.1. The van der Waals surface area contributed by atoms with Gasteiger partial charge in [0.25, 0.3) is 0 Å². The summed E-state index contributed by atoms with van der Waals surface area (Å²) in [5.74, 6) is 0.106. The Bertz CT molecular complexity index is 729. The number of carbonyl (C=O) groups excluding carboxylic acids is 2. The zero-order chi connectivity index (χ0) is 18.9. The van der Waals surface area contributed by atoms with Crippen LogP contribution in [0.3, 0.4) is 0 Å². The summed E-state index contributed by atoms with van der Waals surface area (Å²) in [6, 6.07) is 0. The third-order valence-corrected chi connectivity index (χ3v) is 8.22. The lowest BCUT2D eigenvalue weighted by molar-refractivity contribution is -0.125. The van der Waals surface area contributed by atoms with Crippen LogP contribution in [-0.4, -0.2) is 34.8 Å². The number of ketones is 2. The summed E-state index contributed by atoms with van der Waals surface area (Å²) < 4.78 is 15.1. The van der Waals surface area contributed by atoms with E-state index in [4.69, 9.17) is 11.6 Å². The molecule has 0 aliphatic heterocycles. The Morgan fingerprint density at radius 2 is 2.08 bits per heavy atom. The minimum atomic E-state index is -1.22. The maximum absolute atomic E-state index is 15.1. The van der Waals surface area contributed by atoms with Crippen molar-refractivity contribution in [2.75, 3.05) is 5.88 Å². The molecular weight excluding hydrogens is 355 g/mol. The van der Waals surface area contributed by atoms with Gasteiger partial charge in [0.05, 0.1) is 12.0 Å². The van der Waals surface area contributed by atoms with Crippen molar-refractivity contribution >= 4 is 23.2 Å². The van der Waals surface area contributed by atoms with Gasteiger partial charge in [-0.1, -0.05) is 18.6 Å². The van der Waals surface area contributed by atoms with Gasteiger partial charge in [-0.3, -0.25) is 9.59 Å². The van der Waals surface area contributed by atoms with Crippen LogP contribution in [0.5, 0.6) is 0 Å². The zero-order valence-electron chi connectivity index (χ0n) is 15.3. The van der Waals surface area contributed by atoms with Crippen molar-refractivity contribution in [1.29, 1.82) is 0 Å². The van der Waals surface area contributed by atoms with Crippen LogP contribution in [0.4, 0.5) is 4.39 Å². The molecule has 0 heterocycles. The Labute approximate surface area is 158 Å². The first-order valence-electron chi connectivity index (χ1n) is 9.59. The van der Waals surface area contributed by atoms with Crippen LogP contribution in [0.25, 0.3) is 0 Å². The first-order chi connectivity index (χ1) is 12.2. The van der Waals surface area contributed by atoms with Crippen molar-refractivity contribution in [3.63, 3.8) is 0 Å². The second kappa shape index (κ2) is 6.00. The molecule has 3 nitrogen and oxygen atoms in total. The highest BCUT2D eigenvalue weighted by molar-refractivity contribution is 6.28. The van der Waals surface area contributed by atoms with Gasteiger partial charge in [-0.2, -0.15) is 0 Å². The molecule has 4 aliphatic carbocycles. The van der Waals surface area contributed by atoms with Crippen molar-refractivity contribution in [1.82, 2.24) is 0 Å². The second-order valence-electron chi connectivity index (χ2n) is 9.00. The second-order valence-corrected chi connectivity index (χ2v) is 9.27. The molecule has 4 aliphatic rings. The van der Waals surface area contributed by atoms with E-state index in [0.29, 0.717) is 12.0 Å². The number of fused-ring (bicyclic) bond motifs is 5. The summed E-state index contributed by atoms with van der Waals surface area (Å²) >= 11 is 5.83. The Kier molecular flexibility index (Phi) is 4.24. The Morgan fingerprint density at radius 1 is 1.35 bits per heavy atom. The average Bonchev–Trinajstić information content (AvgIpc) is 2.94. The van der Waals surface area contributed by atoms with Crippen molar-refractivity contribution in [3.05, 3.63) is 23.3 Å². The van der Waals surface area contributed by atoms with Crippen molar-refractivity contribution < 1.29 is 19.1 Å². The molecule has 0 saturated heterocycles. The normalized spacial score (nSPS) is 47.4. The lowest BCUT2D eigenvalue weighted by Crippen LogP contribution is -2.53. The SMILES string of the molecule is C[C@@]12C(=CC(=O)CC1O)C(F)C[C@@H]1C2=CC[C@]2(C)[C@@H](C(=O)CCl)CC[C@@H]12. The highest BCUT2D eigenvalue weighted by Crippen LogP contribution is 2.64. The number of aliphatic hydroxyl groups excluding tert-OH is 1. The third-order valence-electron chi connectivity index (χ3n) is 7.95. The molecule has 26 heavy (non-hydrogen) atoms. The van der Waals surface area contributed by atoms with Crippen molar-refractivity contribution in [3.8, 4) is 0 Å². The monoisotopic (exact) mass is 380 g/mol. The topological polar surface area (TPSA) is 54.4 Å². The van der Waals surface area contributed by atoms with Crippen LogP contribution in [0.2, 0.25) is 0 Å². The minimum Gasteiger partial charge on any atom is -0.391 e. The number of alkyl halides is 2. The van der Waals surface area contributed by atoms with Gasteiger partial charge in [-0.15, -0.1) is 11.6 Å². The maximum Gasteiger partial charge on any atom is 0.158 e. The van der Waals surface area contributed by atoms with Crippen LogP contribution in [0, 0.1) is 28.6 Å². The first kappa shape index (κ1) is 18.4. The van der Waals surface area contributed by atoms with Crippen LogP contribution in [0.15, 0.2) is 23.3 Å². The Hall–Kier alpha value is -1.00. The summed E-state index contributed by atoms with van der Waals surface area (Å²) in [6.07, 6.45) is 4.30. The quantitative estimate of drug-likeness (QED) is 0.586. The summed E-state index contributed by atoms with van der Waals surface area (Å²) in [4.78, 5) is 24.3. The van der Waals surface area contributed by atoms with Crippen molar-refractivity contribution in [2.45, 2.75) is 58.2 Å². The van der Waals surface area contributed by atoms with E-state index in [-0.39, 0.29) is 47.0 Å². The highest BCUT2D eigenvalue weighted by atomic mass is 35.5. The van der Waals surface area contributed by atoms with E-state index in [1.807, 2.05) is 6.92 Å². The molecule has 0 radical (unpaired) electrons. The number of carbonyl (C=O) groups is 2. The van der Waals surface area contributed by atoms with Crippen molar-refractivity contribution in [2.24, 2.45) is 28.6 Å². The molecule has 5 heteroatoms. The van der Waals surface area contributed by atoms with Crippen LogP contribution >= 0.6 is 11.6 Å². The summed E-state index contributed by atoms with van der Waals surface area (Å²) in [5.41, 5.74) is 0.539. The van der Waals surface area contributed by atoms with Crippen LogP contribution < -0.4 is 0 Å². The highest BCUT2D eigenvalue weighted by Gasteiger charge is 2.60. The lowest BCUT2D eigenvalue weighted by Gasteiger charge is -2.55. The number of Topliss-reactive ketones (excluding diaryl/α,β-unsaturated/α-hetero) is 1. The van der Waals surface area contributed by atoms with E-state index in [1.165, 1.54) is 6.08 Å². The number of aliphatic hydroxyl groups is 1. The fraction of sp³-hybridized carbons (Fsp3) is 0.714. The Morgan fingerprint density at radius 3 is 2.77 bits per heavy atom. The van der Waals surface area contributed by atoms with Gasteiger partial charge in [-0.05, 0) is 61.5 Å². The molecule has 142 valence electrons. The Balaban J connectivity index is 1.78. The molecule has 2 saturated carbocycles. The van der Waals surface area contributed by atoms with Crippen LogP contribution in [0.1, 0.15) is 46.0 Å². The van der Waals surface area contributed by atoms with E-state index in [1.54, 1.807) is 0 Å². The van der Waals surface area contributed by atoms with E-state index in [2.05, 4.69) is 13.0 Å². The fourth-order valence-electron chi connectivity index (χ4n) is 6.52. The van der Waals surface area contributed by atoms with Gasteiger partial charge in [0, 0.05) is 17.8 Å². The standard InChI is InChI=1S/C21H26ClFO3/c1-20-6-5-14-12(13(20)3-4-15(20)18(25)10-22)9-17(23)16-7-11(24)8-19(26)21(14,16)2/h5,7,12-13,15,17,19,26H,3-4,6,8-10H2,1-2H3/t12-,13-,15+,17?,19?,20-,21+/m0/s1. The van der Waals surface area contributed by atoms with Gasteiger partial charge < -0.3 is 5.11 Å². The summed E-state index contributed by atoms with van der Waals surface area (Å²) in [7, 11) is 0. The van der Waals surface area contributed by atoms with E-state index in [9.17, 15) is 14.7 Å². The minimum absolute atomic E-state index is 0.0156. The molecule has 0 aromatic carbocycles. The van der Waals surface area contributed by atoms with Gasteiger partial charge in [-0.25, -0.2) is 4.39 Å². The predicted molar refractivity (Wildman–Crippen MR) is 97.6 cm³/mol. The number of hydrogen-bond donors (Lipinski definition) is 1.